The van der Waals surface area contributed by atoms with Crippen molar-refractivity contribution >= 4 is 0 Å². The Morgan fingerprint density at radius 1 is 0.818 bits per heavy atom. The quantitative estimate of drug-likeness (QED) is 0.801. The Balaban J connectivity index is 2.29. The summed E-state index contributed by atoms with van der Waals surface area (Å²) in [6.45, 7) is 0. The predicted octanol–water partition coefficient (Wildman–Crippen LogP) is 3.37. The average molecular weight is 291 g/mol. The Kier molecular flexibility index (Phi) is 3.90. The number of hydrogen-bond donors (Lipinski definition) is 1. The van der Waals surface area contributed by atoms with Crippen LogP contribution in [-0.4, -0.2) is 17.2 Å². The largest absolute Gasteiger partial charge is 0.481 e. The molecule has 1 aromatic heterocycles. The van der Waals surface area contributed by atoms with E-state index in [0.29, 0.717) is 11.4 Å². The normalized spacial score (nSPS) is 11.2. The lowest BCUT2D eigenvalue weighted by Crippen LogP contribution is -2.29. The van der Waals surface area contributed by atoms with Gasteiger partial charge >= 0.3 is 0 Å². The van der Waals surface area contributed by atoms with E-state index in [0.717, 1.165) is 11.1 Å². The van der Waals surface area contributed by atoms with Gasteiger partial charge in [0.25, 0.3) is 0 Å². The molecule has 0 aliphatic rings. The van der Waals surface area contributed by atoms with Gasteiger partial charge in [0.1, 0.15) is 5.60 Å². The van der Waals surface area contributed by atoms with E-state index < -0.39 is 5.60 Å². The number of benzene rings is 2. The van der Waals surface area contributed by atoms with Crippen molar-refractivity contribution in [2.45, 2.75) is 5.60 Å². The van der Waals surface area contributed by atoms with Crippen LogP contribution in [0, 0.1) is 0 Å². The van der Waals surface area contributed by atoms with Crippen molar-refractivity contribution in [3.05, 3.63) is 95.7 Å². The van der Waals surface area contributed by atoms with Gasteiger partial charge in [-0.15, -0.1) is 0 Å². The van der Waals surface area contributed by atoms with Crippen molar-refractivity contribution in [3.63, 3.8) is 0 Å². The number of aromatic nitrogens is 1. The molecule has 3 nitrogen and oxygen atoms in total. The summed E-state index contributed by atoms with van der Waals surface area (Å²) in [5.74, 6) is 0.415. The first kappa shape index (κ1) is 14.3. The minimum atomic E-state index is -1.32. The van der Waals surface area contributed by atoms with E-state index in [1.54, 1.807) is 19.4 Å². The summed E-state index contributed by atoms with van der Waals surface area (Å²) in [6, 6.07) is 22.7. The number of nitrogens with zero attached hydrogens (tertiary/aromatic N) is 1. The monoisotopic (exact) mass is 291 g/mol. The second-order valence-electron chi connectivity index (χ2n) is 5.00. The minimum absolute atomic E-state index is 0.415. The summed E-state index contributed by atoms with van der Waals surface area (Å²) in [6.07, 6.45) is 1.65. The molecule has 0 unspecified atom stereocenters. The number of rotatable bonds is 4. The first-order chi connectivity index (χ1) is 10.8. The van der Waals surface area contributed by atoms with Gasteiger partial charge in [0.2, 0.25) is 5.88 Å². The van der Waals surface area contributed by atoms with Gasteiger partial charge in [-0.25, -0.2) is 4.98 Å². The zero-order valence-corrected chi connectivity index (χ0v) is 12.3. The zero-order chi connectivity index (χ0) is 15.4. The molecule has 22 heavy (non-hydrogen) atoms. The van der Waals surface area contributed by atoms with Gasteiger partial charge in [0.05, 0.1) is 12.7 Å². The topological polar surface area (TPSA) is 42.4 Å². The van der Waals surface area contributed by atoms with E-state index in [1.807, 2.05) is 66.7 Å². The van der Waals surface area contributed by atoms with Crippen molar-refractivity contribution in [2.24, 2.45) is 0 Å². The fraction of sp³-hybridized carbons (Fsp3) is 0.105. The highest BCUT2D eigenvalue weighted by Gasteiger charge is 2.36. The van der Waals surface area contributed by atoms with Gasteiger partial charge in [-0.05, 0) is 23.3 Å². The Labute approximate surface area is 129 Å². The standard InChI is InChI=1S/C19H17NO2/c1-22-18-17(13-8-14-20-18)19(21,15-9-4-2-5-10-15)16-11-6-3-7-12-16/h2-14,21H,1H3. The van der Waals surface area contributed by atoms with Crippen LogP contribution in [0.15, 0.2) is 79.0 Å². The molecular formula is C19H17NO2. The Hall–Kier alpha value is -2.65. The maximum atomic E-state index is 11.6. The summed E-state index contributed by atoms with van der Waals surface area (Å²) < 4.78 is 5.36. The summed E-state index contributed by atoms with van der Waals surface area (Å²) in [5, 5.41) is 11.6. The molecule has 110 valence electrons. The lowest BCUT2D eigenvalue weighted by molar-refractivity contribution is 0.121. The molecule has 3 aromatic rings. The van der Waals surface area contributed by atoms with Crippen LogP contribution in [0.4, 0.5) is 0 Å². The summed E-state index contributed by atoms with van der Waals surface area (Å²) in [5.41, 5.74) is 0.845. The summed E-state index contributed by atoms with van der Waals surface area (Å²) in [7, 11) is 1.56. The van der Waals surface area contributed by atoms with Gasteiger partial charge in [-0.3, -0.25) is 0 Å². The molecule has 0 amide bonds. The van der Waals surface area contributed by atoms with E-state index in [1.165, 1.54) is 0 Å². The van der Waals surface area contributed by atoms with Crippen molar-refractivity contribution < 1.29 is 9.84 Å². The average Bonchev–Trinajstić information content (AvgIpc) is 2.62. The molecule has 0 spiro atoms. The second kappa shape index (κ2) is 6.00. The van der Waals surface area contributed by atoms with Gasteiger partial charge in [-0.1, -0.05) is 60.7 Å². The molecule has 0 aliphatic heterocycles. The third kappa shape index (κ3) is 2.36. The van der Waals surface area contributed by atoms with Crippen molar-refractivity contribution in [3.8, 4) is 5.88 Å². The molecule has 0 aliphatic carbocycles. The minimum Gasteiger partial charge on any atom is -0.481 e. The van der Waals surface area contributed by atoms with Crippen LogP contribution >= 0.6 is 0 Å². The highest BCUT2D eigenvalue weighted by Crippen LogP contribution is 2.39. The third-order valence-corrected chi connectivity index (χ3v) is 3.74. The molecule has 0 fully saturated rings. The van der Waals surface area contributed by atoms with Crippen LogP contribution in [0.1, 0.15) is 16.7 Å². The van der Waals surface area contributed by atoms with Gasteiger partial charge < -0.3 is 9.84 Å². The van der Waals surface area contributed by atoms with E-state index in [2.05, 4.69) is 4.98 Å². The zero-order valence-electron chi connectivity index (χ0n) is 12.3. The van der Waals surface area contributed by atoms with Crippen molar-refractivity contribution in [2.75, 3.05) is 7.11 Å². The Morgan fingerprint density at radius 2 is 1.36 bits per heavy atom. The summed E-state index contributed by atoms with van der Waals surface area (Å²) in [4.78, 5) is 4.23. The van der Waals surface area contributed by atoms with Gasteiger partial charge in [0.15, 0.2) is 0 Å². The van der Waals surface area contributed by atoms with Crippen LogP contribution in [-0.2, 0) is 5.60 Å². The van der Waals surface area contributed by atoms with Crippen molar-refractivity contribution in [1.82, 2.24) is 4.98 Å². The highest BCUT2D eigenvalue weighted by molar-refractivity contribution is 5.50. The van der Waals surface area contributed by atoms with E-state index in [9.17, 15) is 5.11 Å². The van der Waals surface area contributed by atoms with Crippen LogP contribution in [0.2, 0.25) is 0 Å². The van der Waals surface area contributed by atoms with Crippen molar-refractivity contribution in [1.29, 1.82) is 0 Å². The molecule has 0 atom stereocenters. The fourth-order valence-corrected chi connectivity index (χ4v) is 2.67. The molecule has 0 saturated heterocycles. The Bertz CT molecular complexity index is 702. The van der Waals surface area contributed by atoms with Crippen LogP contribution in [0.5, 0.6) is 5.88 Å². The maximum absolute atomic E-state index is 11.6. The number of aliphatic hydroxyl groups is 1. The molecule has 3 rings (SSSR count). The first-order valence-corrected chi connectivity index (χ1v) is 7.09. The second-order valence-corrected chi connectivity index (χ2v) is 5.00. The molecule has 1 N–H and O–H groups in total. The lowest BCUT2D eigenvalue weighted by atomic mass is 9.81. The molecule has 2 aromatic carbocycles. The molecule has 3 heteroatoms. The third-order valence-electron chi connectivity index (χ3n) is 3.74. The number of pyridine rings is 1. The van der Waals surface area contributed by atoms with E-state index in [-0.39, 0.29) is 0 Å². The van der Waals surface area contributed by atoms with Crippen LogP contribution < -0.4 is 4.74 Å². The maximum Gasteiger partial charge on any atom is 0.219 e. The summed E-state index contributed by atoms with van der Waals surface area (Å²) >= 11 is 0. The van der Waals surface area contributed by atoms with Crippen LogP contribution in [0.25, 0.3) is 0 Å². The molecule has 0 radical (unpaired) electrons. The molecular weight excluding hydrogens is 274 g/mol. The van der Waals surface area contributed by atoms with Gasteiger partial charge in [0, 0.05) is 6.20 Å². The predicted molar refractivity (Wildman–Crippen MR) is 85.8 cm³/mol. The molecule has 1 heterocycles. The number of methoxy groups -OCH3 is 1. The van der Waals surface area contributed by atoms with E-state index in [4.69, 9.17) is 4.74 Å². The smallest absolute Gasteiger partial charge is 0.219 e. The SMILES string of the molecule is COc1ncccc1C(O)(c1ccccc1)c1ccccc1. The van der Waals surface area contributed by atoms with Gasteiger partial charge in [-0.2, -0.15) is 0 Å². The first-order valence-electron chi connectivity index (χ1n) is 7.09. The fourth-order valence-electron chi connectivity index (χ4n) is 2.67. The van der Waals surface area contributed by atoms with E-state index >= 15 is 0 Å². The van der Waals surface area contributed by atoms with Crippen LogP contribution in [0.3, 0.4) is 0 Å². The highest BCUT2D eigenvalue weighted by atomic mass is 16.5. The molecule has 0 bridgehead atoms. The molecule has 0 saturated carbocycles. The number of hydrogen-bond acceptors (Lipinski definition) is 3. The lowest BCUT2D eigenvalue weighted by Gasteiger charge is -2.30. The Morgan fingerprint density at radius 3 is 1.86 bits per heavy atom. The number of ether oxygens (including phenoxy) is 1.